The Morgan fingerprint density at radius 2 is 2.06 bits per heavy atom. The lowest BCUT2D eigenvalue weighted by Crippen LogP contribution is -2.33. The number of thiazole rings is 1. The van der Waals surface area contributed by atoms with E-state index in [2.05, 4.69) is 25.6 Å². The highest BCUT2D eigenvalue weighted by Gasteiger charge is 2.35. The average Bonchev–Trinajstić information content (AvgIpc) is 3.16. The van der Waals surface area contributed by atoms with Gasteiger partial charge in [-0.3, -0.25) is 4.79 Å². The summed E-state index contributed by atoms with van der Waals surface area (Å²) in [6.45, 7) is 2.05. The standard InChI is InChI=1S/C20H28F3N7O4S2/c1-29(8-11-36(2,32)33)19-27-15(13-35-19)26-18-25-12-14(20(21,22)23)17(28-18)24-5-3-6-30-7-10-34-9-4-16(30)31/h12-13H,3-11H2,1-2H3,(H2,24,25,26,28). The highest BCUT2D eigenvalue weighted by molar-refractivity contribution is 7.90. The van der Waals surface area contributed by atoms with Crippen molar-refractivity contribution in [3.63, 3.8) is 0 Å². The number of carbonyl (C=O) groups is 1. The normalized spacial score (nSPS) is 15.0. The highest BCUT2D eigenvalue weighted by Crippen LogP contribution is 2.34. The van der Waals surface area contributed by atoms with Gasteiger partial charge in [0.25, 0.3) is 0 Å². The zero-order chi connectivity index (χ0) is 26.3. The average molecular weight is 552 g/mol. The highest BCUT2D eigenvalue weighted by atomic mass is 32.2. The van der Waals surface area contributed by atoms with E-state index in [9.17, 15) is 26.4 Å². The number of alkyl halides is 3. The first-order valence-electron chi connectivity index (χ1n) is 11.1. The molecule has 0 aromatic carbocycles. The van der Waals surface area contributed by atoms with Crippen LogP contribution in [0.3, 0.4) is 0 Å². The number of carbonyl (C=O) groups excluding carboxylic acids is 1. The van der Waals surface area contributed by atoms with Crippen LogP contribution in [0.25, 0.3) is 0 Å². The van der Waals surface area contributed by atoms with Gasteiger partial charge in [0.1, 0.15) is 27.0 Å². The van der Waals surface area contributed by atoms with Crippen molar-refractivity contribution < 1.29 is 31.1 Å². The number of sulfone groups is 1. The molecule has 2 aromatic heterocycles. The summed E-state index contributed by atoms with van der Waals surface area (Å²) >= 11 is 1.24. The van der Waals surface area contributed by atoms with Crippen molar-refractivity contribution in [1.82, 2.24) is 19.9 Å². The van der Waals surface area contributed by atoms with Crippen LogP contribution in [0.15, 0.2) is 11.6 Å². The maximum atomic E-state index is 13.5. The predicted molar refractivity (Wildman–Crippen MR) is 131 cm³/mol. The molecule has 2 N–H and O–H groups in total. The van der Waals surface area contributed by atoms with Crippen LogP contribution in [0, 0.1) is 0 Å². The van der Waals surface area contributed by atoms with Gasteiger partial charge >= 0.3 is 6.18 Å². The molecule has 200 valence electrons. The zero-order valence-corrected chi connectivity index (χ0v) is 21.5. The molecular formula is C20H28F3N7O4S2. The molecule has 0 aliphatic carbocycles. The Balaban J connectivity index is 1.63. The molecular weight excluding hydrogens is 523 g/mol. The molecule has 1 amide bonds. The van der Waals surface area contributed by atoms with Crippen LogP contribution in [0.1, 0.15) is 18.4 Å². The third kappa shape index (κ3) is 8.44. The lowest BCUT2D eigenvalue weighted by molar-refractivity contribution is -0.137. The summed E-state index contributed by atoms with van der Waals surface area (Å²) in [6, 6.07) is 0. The minimum Gasteiger partial charge on any atom is -0.379 e. The first-order valence-corrected chi connectivity index (χ1v) is 14.0. The fraction of sp³-hybridized carbons (Fsp3) is 0.600. The van der Waals surface area contributed by atoms with Crippen LogP contribution in [0.4, 0.5) is 35.9 Å². The summed E-state index contributed by atoms with van der Waals surface area (Å²) < 4.78 is 68.5. The van der Waals surface area contributed by atoms with Gasteiger partial charge < -0.3 is 25.2 Å². The van der Waals surface area contributed by atoms with Gasteiger partial charge in [0.15, 0.2) is 5.13 Å². The number of amides is 1. The van der Waals surface area contributed by atoms with Gasteiger partial charge in [0, 0.05) is 51.1 Å². The smallest absolute Gasteiger partial charge is 0.379 e. The van der Waals surface area contributed by atoms with E-state index >= 15 is 0 Å². The summed E-state index contributed by atoms with van der Waals surface area (Å²) in [5, 5.41) is 7.65. The van der Waals surface area contributed by atoms with Crippen LogP contribution < -0.4 is 15.5 Å². The molecule has 3 heterocycles. The second kappa shape index (κ2) is 12.0. The van der Waals surface area contributed by atoms with Crippen molar-refractivity contribution in [2.75, 3.05) is 74.0 Å². The molecule has 2 aromatic rings. The number of hydrogen-bond acceptors (Lipinski definition) is 11. The molecule has 0 saturated carbocycles. The Morgan fingerprint density at radius 3 is 2.78 bits per heavy atom. The SMILES string of the molecule is CN(CCS(C)(=O)=O)c1nc(Nc2ncc(C(F)(F)F)c(NCCCN3CCOCCC3=O)n2)cs1. The minimum atomic E-state index is -4.66. The predicted octanol–water partition coefficient (Wildman–Crippen LogP) is 2.23. The number of aromatic nitrogens is 3. The second-order valence-corrected chi connectivity index (χ2v) is 11.3. The topological polar surface area (TPSA) is 130 Å². The Morgan fingerprint density at radius 1 is 1.28 bits per heavy atom. The molecule has 11 nitrogen and oxygen atoms in total. The number of anilines is 4. The van der Waals surface area contributed by atoms with Gasteiger partial charge in [-0.05, 0) is 6.42 Å². The molecule has 1 fully saturated rings. The number of nitrogens with one attached hydrogen (secondary N) is 2. The quantitative estimate of drug-likeness (QED) is 0.401. The van der Waals surface area contributed by atoms with Gasteiger partial charge in [-0.15, -0.1) is 11.3 Å². The lowest BCUT2D eigenvalue weighted by Gasteiger charge is -2.20. The lowest BCUT2D eigenvalue weighted by atomic mass is 10.3. The summed E-state index contributed by atoms with van der Waals surface area (Å²) in [5.41, 5.74) is -1.01. The van der Waals surface area contributed by atoms with E-state index in [1.165, 1.54) is 11.3 Å². The van der Waals surface area contributed by atoms with Crippen molar-refractivity contribution in [2.24, 2.45) is 0 Å². The number of ether oxygens (including phenoxy) is 1. The molecule has 3 rings (SSSR count). The molecule has 1 saturated heterocycles. The third-order valence-electron chi connectivity index (χ3n) is 5.17. The van der Waals surface area contributed by atoms with Crippen LogP contribution >= 0.6 is 11.3 Å². The molecule has 0 bridgehead atoms. The maximum Gasteiger partial charge on any atom is 0.421 e. The van der Waals surface area contributed by atoms with E-state index in [-0.39, 0.29) is 36.5 Å². The summed E-state index contributed by atoms with van der Waals surface area (Å²) in [6.07, 6.45) is -2.11. The minimum absolute atomic E-state index is 0.0391. The Kier molecular flexibility index (Phi) is 9.30. The van der Waals surface area contributed by atoms with Crippen LogP contribution in [0.2, 0.25) is 0 Å². The van der Waals surface area contributed by atoms with Gasteiger partial charge in [0.2, 0.25) is 11.9 Å². The Hall–Kier alpha value is -2.72. The summed E-state index contributed by atoms with van der Waals surface area (Å²) in [5.74, 6) is -0.231. The Labute approximate surface area is 211 Å². The van der Waals surface area contributed by atoms with Crippen molar-refractivity contribution in [1.29, 1.82) is 0 Å². The molecule has 16 heteroatoms. The fourth-order valence-electron chi connectivity index (χ4n) is 3.23. The zero-order valence-electron chi connectivity index (χ0n) is 19.8. The van der Waals surface area contributed by atoms with Crippen molar-refractivity contribution >= 4 is 49.8 Å². The first kappa shape index (κ1) is 27.9. The molecule has 36 heavy (non-hydrogen) atoms. The van der Waals surface area contributed by atoms with Crippen molar-refractivity contribution in [2.45, 2.75) is 19.0 Å². The fourth-order valence-corrected chi connectivity index (χ4v) is 4.58. The van der Waals surface area contributed by atoms with Crippen molar-refractivity contribution in [3.8, 4) is 0 Å². The van der Waals surface area contributed by atoms with E-state index in [0.717, 1.165) is 6.26 Å². The largest absolute Gasteiger partial charge is 0.421 e. The van der Waals surface area contributed by atoms with Crippen LogP contribution in [0.5, 0.6) is 0 Å². The van der Waals surface area contributed by atoms with Gasteiger partial charge in [-0.1, -0.05) is 0 Å². The van der Waals surface area contributed by atoms with Crippen molar-refractivity contribution in [3.05, 3.63) is 17.1 Å². The number of nitrogens with zero attached hydrogens (tertiary/aromatic N) is 5. The van der Waals surface area contributed by atoms with E-state index < -0.39 is 21.6 Å². The number of rotatable bonds is 11. The molecule has 1 aliphatic rings. The number of halogens is 3. The van der Waals surface area contributed by atoms with Gasteiger partial charge in [0.05, 0.1) is 25.4 Å². The molecule has 1 aliphatic heterocycles. The van der Waals surface area contributed by atoms with Crippen LogP contribution in [-0.4, -0.2) is 92.6 Å². The van der Waals surface area contributed by atoms with E-state index in [4.69, 9.17) is 4.74 Å². The molecule has 0 atom stereocenters. The molecule has 0 unspecified atom stereocenters. The summed E-state index contributed by atoms with van der Waals surface area (Å²) in [7, 11) is -1.44. The second-order valence-electron chi connectivity index (χ2n) is 8.17. The molecule has 0 radical (unpaired) electrons. The first-order chi connectivity index (χ1) is 16.9. The van der Waals surface area contributed by atoms with E-state index in [1.807, 2.05) is 0 Å². The number of hydrogen-bond donors (Lipinski definition) is 2. The summed E-state index contributed by atoms with van der Waals surface area (Å²) in [4.78, 5) is 27.4. The Bertz CT molecular complexity index is 1140. The van der Waals surface area contributed by atoms with E-state index in [1.54, 1.807) is 22.2 Å². The monoisotopic (exact) mass is 551 g/mol. The van der Waals surface area contributed by atoms with Gasteiger partial charge in [-0.25, -0.2) is 18.4 Å². The van der Waals surface area contributed by atoms with E-state index in [0.29, 0.717) is 56.3 Å². The molecule has 0 spiro atoms. The van der Waals surface area contributed by atoms with Crippen LogP contribution in [-0.2, 0) is 25.5 Å². The maximum absolute atomic E-state index is 13.5. The third-order valence-corrected chi connectivity index (χ3v) is 7.04. The van der Waals surface area contributed by atoms with Gasteiger partial charge in [-0.2, -0.15) is 18.2 Å².